The lowest BCUT2D eigenvalue weighted by molar-refractivity contribution is -0.140. The number of pyridine rings is 1. The molecular formula is C28H23N3O4. The van der Waals surface area contributed by atoms with Gasteiger partial charge in [0.15, 0.2) is 0 Å². The molecule has 2 aliphatic heterocycles. The van der Waals surface area contributed by atoms with Crippen LogP contribution in [0.2, 0.25) is 0 Å². The molecule has 0 radical (unpaired) electrons. The Hall–Kier alpha value is -4.39. The summed E-state index contributed by atoms with van der Waals surface area (Å²) in [6, 6.07) is 16.0. The fourth-order valence-electron chi connectivity index (χ4n) is 5.03. The topological polar surface area (TPSA) is 95.5 Å². The van der Waals surface area contributed by atoms with E-state index in [9.17, 15) is 14.7 Å². The number of hydrogen-bond acceptors (Lipinski definition) is 5. The number of aliphatic hydroxyl groups is 1. The van der Waals surface area contributed by atoms with Gasteiger partial charge in [0.1, 0.15) is 11.5 Å². The first-order chi connectivity index (χ1) is 17.1. The van der Waals surface area contributed by atoms with Crippen LogP contribution in [0.25, 0.3) is 16.7 Å². The van der Waals surface area contributed by atoms with Gasteiger partial charge in [-0.1, -0.05) is 18.2 Å². The molecule has 2 N–H and O–H groups in total. The van der Waals surface area contributed by atoms with Crippen LogP contribution < -0.4 is 4.74 Å². The second kappa shape index (κ2) is 8.43. The van der Waals surface area contributed by atoms with Crippen LogP contribution in [-0.2, 0) is 22.6 Å². The van der Waals surface area contributed by atoms with Crippen LogP contribution in [0.15, 0.2) is 78.8 Å². The second-order valence-electron chi connectivity index (χ2n) is 8.85. The number of H-pyrrole nitrogens is 1. The molecule has 2 aromatic carbocycles. The van der Waals surface area contributed by atoms with E-state index in [4.69, 9.17) is 4.74 Å². The van der Waals surface area contributed by atoms with Gasteiger partial charge < -0.3 is 19.7 Å². The molecule has 4 heterocycles. The highest BCUT2D eigenvalue weighted by molar-refractivity contribution is 6.46. The number of hydrogen-bond donors (Lipinski definition) is 2. The Morgan fingerprint density at radius 1 is 1.11 bits per heavy atom. The van der Waals surface area contributed by atoms with Crippen molar-refractivity contribution >= 4 is 28.4 Å². The maximum Gasteiger partial charge on any atom is 0.295 e. The van der Waals surface area contributed by atoms with Crippen LogP contribution in [0.5, 0.6) is 5.75 Å². The lowest BCUT2D eigenvalue weighted by Gasteiger charge is -2.25. The van der Waals surface area contributed by atoms with Crippen LogP contribution >= 0.6 is 0 Å². The molecule has 7 heteroatoms. The molecule has 0 bridgehead atoms. The number of Topliss-reactive ketones (excluding diaryl/α,β-unsaturated/α-hetero) is 1. The van der Waals surface area contributed by atoms with E-state index in [0.29, 0.717) is 12.2 Å². The summed E-state index contributed by atoms with van der Waals surface area (Å²) in [5.74, 6) is -0.718. The zero-order chi connectivity index (χ0) is 23.9. The number of carbonyl (C=O) groups is 2. The zero-order valence-corrected chi connectivity index (χ0v) is 18.9. The lowest BCUT2D eigenvalue weighted by Crippen LogP contribution is -2.29. The molecule has 1 saturated heterocycles. The first-order valence-electron chi connectivity index (χ1n) is 11.6. The number of aromatic amines is 1. The van der Waals surface area contributed by atoms with E-state index in [-0.39, 0.29) is 17.9 Å². The predicted molar refractivity (Wildman–Crippen MR) is 131 cm³/mol. The van der Waals surface area contributed by atoms with Crippen molar-refractivity contribution in [1.82, 2.24) is 14.9 Å². The van der Waals surface area contributed by atoms with Gasteiger partial charge in [0, 0.05) is 47.2 Å². The van der Waals surface area contributed by atoms with E-state index in [1.807, 2.05) is 54.7 Å². The molecule has 0 saturated carbocycles. The first-order valence-corrected chi connectivity index (χ1v) is 11.6. The predicted octanol–water partition coefficient (Wildman–Crippen LogP) is 4.51. The molecule has 1 unspecified atom stereocenters. The first kappa shape index (κ1) is 21.2. The summed E-state index contributed by atoms with van der Waals surface area (Å²) in [6.07, 6.45) is 6.85. The maximum atomic E-state index is 13.4. The molecule has 2 aliphatic rings. The molecule has 7 nitrogen and oxygen atoms in total. The van der Waals surface area contributed by atoms with E-state index >= 15 is 0 Å². The number of rotatable bonds is 4. The number of nitrogens with zero attached hydrogens (tertiary/aromatic N) is 2. The largest absolute Gasteiger partial charge is 0.507 e. The Kier molecular flexibility index (Phi) is 5.10. The fourth-order valence-corrected chi connectivity index (χ4v) is 5.03. The standard InChI is InChI=1S/C28H23N3O4/c32-26(19-7-8-23-18(14-19)4-3-13-35-23)24-25(21-15-30-22-6-2-1-5-20(21)22)31(28(34)27(24)33)16-17-9-11-29-12-10-17/h1-2,5-12,14-15,25,30,32H,3-4,13,16H2/b26-24+. The fraction of sp³-hybridized carbons (Fsp3) is 0.179. The van der Waals surface area contributed by atoms with Crippen molar-refractivity contribution in [2.75, 3.05) is 6.61 Å². The molecular weight excluding hydrogens is 442 g/mol. The van der Waals surface area contributed by atoms with E-state index in [0.717, 1.165) is 46.2 Å². The number of ketones is 1. The number of para-hydroxylation sites is 1. The van der Waals surface area contributed by atoms with Crippen LogP contribution in [0.4, 0.5) is 0 Å². The Morgan fingerprint density at radius 3 is 2.80 bits per heavy atom. The molecule has 1 amide bonds. The van der Waals surface area contributed by atoms with E-state index in [2.05, 4.69) is 9.97 Å². The van der Waals surface area contributed by atoms with Gasteiger partial charge in [-0.25, -0.2) is 0 Å². The van der Waals surface area contributed by atoms with Gasteiger partial charge in [0.25, 0.3) is 11.7 Å². The number of aryl methyl sites for hydroxylation is 1. The zero-order valence-electron chi connectivity index (χ0n) is 18.9. The van der Waals surface area contributed by atoms with Crippen molar-refractivity contribution in [2.45, 2.75) is 25.4 Å². The number of benzene rings is 2. The number of nitrogens with one attached hydrogen (secondary N) is 1. The monoisotopic (exact) mass is 465 g/mol. The van der Waals surface area contributed by atoms with Gasteiger partial charge in [-0.2, -0.15) is 0 Å². The Labute approximate surface area is 201 Å². The summed E-state index contributed by atoms with van der Waals surface area (Å²) in [7, 11) is 0. The summed E-state index contributed by atoms with van der Waals surface area (Å²) in [6.45, 7) is 0.880. The van der Waals surface area contributed by atoms with E-state index in [1.165, 1.54) is 4.90 Å². The molecule has 4 aromatic rings. The average Bonchev–Trinajstić information content (AvgIpc) is 3.43. The normalized spacial score (nSPS) is 19.1. The van der Waals surface area contributed by atoms with Crippen LogP contribution in [-0.4, -0.2) is 38.3 Å². The third-order valence-corrected chi connectivity index (χ3v) is 6.74. The SMILES string of the molecule is O=C1C(=O)N(Cc2ccncc2)C(c2c[nH]c3ccccc23)/C1=C(\O)c1ccc2c(c1)CCCO2. The number of amides is 1. The summed E-state index contributed by atoms with van der Waals surface area (Å²) < 4.78 is 5.70. The average molecular weight is 466 g/mol. The molecule has 0 aliphatic carbocycles. The molecule has 1 atom stereocenters. The van der Waals surface area contributed by atoms with Crippen LogP contribution in [0, 0.1) is 0 Å². The number of ether oxygens (including phenoxy) is 1. The molecule has 174 valence electrons. The minimum absolute atomic E-state index is 0.0884. The highest BCUT2D eigenvalue weighted by atomic mass is 16.5. The van der Waals surface area contributed by atoms with Crippen molar-refractivity contribution < 1.29 is 19.4 Å². The molecule has 6 rings (SSSR count). The number of likely N-dealkylation sites (tertiary alicyclic amines) is 1. The third-order valence-electron chi connectivity index (χ3n) is 6.74. The van der Waals surface area contributed by atoms with E-state index < -0.39 is 17.7 Å². The quantitative estimate of drug-likeness (QED) is 0.263. The van der Waals surface area contributed by atoms with Gasteiger partial charge in [-0.3, -0.25) is 14.6 Å². The minimum atomic E-state index is -0.744. The van der Waals surface area contributed by atoms with Crippen molar-refractivity contribution in [3.05, 3.63) is 101 Å². The van der Waals surface area contributed by atoms with Gasteiger partial charge in [-0.15, -0.1) is 0 Å². The van der Waals surface area contributed by atoms with Crippen LogP contribution in [0.3, 0.4) is 0 Å². The molecule has 1 fully saturated rings. The van der Waals surface area contributed by atoms with Crippen molar-refractivity contribution in [3.8, 4) is 5.75 Å². The molecule has 2 aromatic heterocycles. The smallest absolute Gasteiger partial charge is 0.295 e. The van der Waals surface area contributed by atoms with Crippen molar-refractivity contribution in [1.29, 1.82) is 0 Å². The highest BCUT2D eigenvalue weighted by Crippen LogP contribution is 2.43. The van der Waals surface area contributed by atoms with Gasteiger partial charge in [0.05, 0.1) is 18.2 Å². The van der Waals surface area contributed by atoms with E-state index in [1.54, 1.807) is 18.5 Å². The number of aliphatic hydroxyl groups excluding tert-OH is 1. The summed E-state index contributed by atoms with van der Waals surface area (Å²) in [5, 5.41) is 12.3. The summed E-state index contributed by atoms with van der Waals surface area (Å²) >= 11 is 0. The van der Waals surface area contributed by atoms with Gasteiger partial charge >= 0.3 is 0 Å². The number of fused-ring (bicyclic) bond motifs is 2. The Morgan fingerprint density at radius 2 is 1.94 bits per heavy atom. The summed E-state index contributed by atoms with van der Waals surface area (Å²) in [5.41, 5.74) is 4.07. The molecule has 0 spiro atoms. The molecule has 35 heavy (non-hydrogen) atoms. The third kappa shape index (κ3) is 3.56. The maximum absolute atomic E-state index is 13.4. The van der Waals surface area contributed by atoms with Gasteiger partial charge in [-0.05, 0) is 60.4 Å². The van der Waals surface area contributed by atoms with Crippen molar-refractivity contribution in [3.63, 3.8) is 0 Å². The van der Waals surface area contributed by atoms with Crippen molar-refractivity contribution in [2.24, 2.45) is 0 Å². The second-order valence-corrected chi connectivity index (χ2v) is 8.85. The lowest BCUT2D eigenvalue weighted by atomic mass is 9.93. The summed E-state index contributed by atoms with van der Waals surface area (Å²) in [4.78, 5) is 35.5. The van der Waals surface area contributed by atoms with Crippen LogP contribution in [0.1, 0.15) is 34.7 Å². The van der Waals surface area contributed by atoms with Gasteiger partial charge in [0.2, 0.25) is 0 Å². The Balaban J connectivity index is 1.52. The number of carbonyl (C=O) groups excluding carboxylic acids is 2. The number of aromatic nitrogens is 2. The highest BCUT2D eigenvalue weighted by Gasteiger charge is 2.46. The minimum Gasteiger partial charge on any atom is -0.507 e. The Bertz CT molecular complexity index is 1490.